The number of carboxylic acid groups (broad SMARTS) is 1. The number of aromatic nitrogens is 2. The number of carboxylic acids is 1. The molecule has 2 rings (SSSR count). The van der Waals surface area contributed by atoms with Gasteiger partial charge in [0.05, 0.1) is 12.0 Å². The average Bonchev–Trinajstić information content (AvgIpc) is 2.84. The molecule has 5 nitrogen and oxygen atoms in total. The summed E-state index contributed by atoms with van der Waals surface area (Å²) < 4.78 is 41.0. The molecule has 1 aromatic carbocycles. The van der Waals surface area contributed by atoms with Crippen molar-refractivity contribution in [3.63, 3.8) is 0 Å². The lowest BCUT2D eigenvalue weighted by Crippen LogP contribution is -2.09. The maximum Gasteiger partial charge on any atom is 0.389 e. The second-order valence-electron chi connectivity index (χ2n) is 4.01. The zero-order valence-electron chi connectivity index (χ0n) is 10.0. The number of benzene rings is 1. The Morgan fingerprint density at radius 2 is 1.90 bits per heavy atom. The van der Waals surface area contributed by atoms with Crippen LogP contribution >= 0.6 is 0 Å². The Morgan fingerprint density at radius 1 is 1.25 bits per heavy atom. The van der Waals surface area contributed by atoms with Crippen LogP contribution in [0.25, 0.3) is 11.5 Å². The molecule has 1 heterocycles. The van der Waals surface area contributed by atoms with Gasteiger partial charge in [0.1, 0.15) is 0 Å². The molecule has 0 amide bonds. The van der Waals surface area contributed by atoms with Gasteiger partial charge in [-0.25, -0.2) is 4.79 Å². The van der Waals surface area contributed by atoms with Crippen molar-refractivity contribution in [2.24, 2.45) is 0 Å². The molecule has 0 spiro atoms. The van der Waals surface area contributed by atoms with Gasteiger partial charge >= 0.3 is 12.1 Å². The van der Waals surface area contributed by atoms with Crippen molar-refractivity contribution < 1.29 is 27.6 Å². The molecule has 0 bridgehead atoms. The summed E-state index contributed by atoms with van der Waals surface area (Å²) in [4.78, 5) is 14.5. The molecule has 0 unspecified atom stereocenters. The van der Waals surface area contributed by atoms with Crippen molar-refractivity contribution in [2.75, 3.05) is 0 Å². The minimum Gasteiger partial charge on any atom is -0.478 e. The fourth-order valence-corrected chi connectivity index (χ4v) is 1.48. The first-order valence-electron chi connectivity index (χ1n) is 5.58. The van der Waals surface area contributed by atoms with E-state index in [9.17, 15) is 18.0 Å². The molecule has 0 saturated heterocycles. The molecule has 0 saturated carbocycles. The van der Waals surface area contributed by atoms with Gasteiger partial charge in [0.15, 0.2) is 5.82 Å². The molecular weight excluding hydrogens is 277 g/mol. The zero-order chi connectivity index (χ0) is 14.8. The summed E-state index contributed by atoms with van der Waals surface area (Å²) in [5.41, 5.74) is 0.534. The first-order valence-corrected chi connectivity index (χ1v) is 5.58. The quantitative estimate of drug-likeness (QED) is 0.935. The number of alkyl halides is 3. The minimum absolute atomic E-state index is 0.0420. The average molecular weight is 286 g/mol. The second kappa shape index (κ2) is 5.32. The van der Waals surface area contributed by atoms with Crippen LogP contribution in [0.1, 0.15) is 22.6 Å². The summed E-state index contributed by atoms with van der Waals surface area (Å²) in [6.45, 7) is 0. The van der Waals surface area contributed by atoms with Crippen LogP contribution in [0.3, 0.4) is 0 Å². The van der Waals surface area contributed by atoms with Crippen LogP contribution in [0, 0.1) is 0 Å². The predicted octanol–water partition coefficient (Wildman–Crippen LogP) is 2.93. The molecule has 0 fully saturated rings. The highest BCUT2D eigenvalue weighted by Gasteiger charge is 2.27. The Kier molecular flexibility index (Phi) is 3.73. The predicted molar refractivity (Wildman–Crippen MR) is 61.1 cm³/mol. The van der Waals surface area contributed by atoms with Gasteiger partial charge in [0.2, 0.25) is 0 Å². The highest BCUT2D eigenvalue weighted by molar-refractivity contribution is 5.88. The van der Waals surface area contributed by atoms with Crippen LogP contribution in [-0.2, 0) is 6.42 Å². The third-order valence-corrected chi connectivity index (χ3v) is 2.48. The smallest absolute Gasteiger partial charge is 0.389 e. The van der Waals surface area contributed by atoms with Crippen molar-refractivity contribution in [1.82, 2.24) is 10.1 Å². The fourth-order valence-electron chi connectivity index (χ4n) is 1.48. The first-order chi connectivity index (χ1) is 9.35. The number of nitrogens with zero attached hydrogens (tertiary/aromatic N) is 2. The minimum atomic E-state index is -4.27. The van der Waals surface area contributed by atoms with Crippen LogP contribution in [0.15, 0.2) is 28.8 Å². The van der Waals surface area contributed by atoms with Crippen LogP contribution in [0.5, 0.6) is 0 Å². The van der Waals surface area contributed by atoms with Gasteiger partial charge in [-0.1, -0.05) is 5.16 Å². The molecule has 8 heteroatoms. The third kappa shape index (κ3) is 3.56. The lowest BCUT2D eigenvalue weighted by molar-refractivity contribution is -0.134. The highest BCUT2D eigenvalue weighted by Crippen LogP contribution is 2.23. The fraction of sp³-hybridized carbons (Fsp3) is 0.250. The standard InChI is InChI=1S/C12H9F3N2O3/c13-12(14,15)6-5-9-16-10(20-17-9)7-1-3-8(4-2-7)11(18)19/h1-4H,5-6H2,(H,18,19). The van der Waals surface area contributed by atoms with Crippen LogP contribution in [0.2, 0.25) is 0 Å². The maximum absolute atomic E-state index is 12.0. The molecule has 0 atom stereocenters. The second-order valence-corrected chi connectivity index (χ2v) is 4.01. The molecule has 1 N–H and O–H groups in total. The van der Waals surface area contributed by atoms with E-state index in [4.69, 9.17) is 9.63 Å². The van der Waals surface area contributed by atoms with Crippen LogP contribution < -0.4 is 0 Å². The van der Waals surface area contributed by atoms with E-state index in [1.165, 1.54) is 24.3 Å². The molecule has 0 aliphatic carbocycles. The summed E-state index contributed by atoms with van der Waals surface area (Å²) in [5, 5.41) is 12.2. The Labute approximate surface area is 111 Å². The van der Waals surface area contributed by atoms with E-state index in [-0.39, 0.29) is 23.7 Å². The van der Waals surface area contributed by atoms with E-state index >= 15 is 0 Å². The summed E-state index contributed by atoms with van der Waals surface area (Å²) in [7, 11) is 0. The van der Waals surface area contributed by atoms with E-state index in [0.717, 1.165) is 0 Å². The van der Waals surface area contributed by atoms with Crippen LogP contribution in [-0.4, -0.2) is 27.4 Å². The molecule has 2 aromatic rings. The highest BCUT2D eigenvalue weighted by atomic mass is 19.4. The number of aromatic carboxylic acids is 1. The lowest BCUT2D eigenvalue weighted by atomic mass is 10.1. The van der Waals surface area contributed by atoms with Gasteiger partial charge in [-0.15, -0.1) is 0 Å². The van der Waals surface area contributed by atoms with E-state index in [1.54, 1.807) is 0 Å². The number of hydrogen-bond acceptors (Lipinski definition) is 4. The van der Waals surface area contributed by atoms with Crippen molar-refractivity contribution in [3.8, 4) is 11.5 Å². The van der Waals surface area contributed by atoms with Crippen molar-refractivity contribution >= 4 is 5.97 Å². The molecular formula is C12H9F3N2O3. The van der Waals surface area contributed by atoms with Crippen LogP contribution in [0.4, 0.5) is 13.2 Å². The van der Waals surface area contributed by atoms with Gasteiger partial charge < -0.3 is 9.63 Å². The van der Waals surface area contributed by atoms with E-state index in [0.29, 0.717) is 5.56 Å². The summed E-state index contributed by atoms with van der Waals surface area (Å²) in [5.74, 6) is -1.06. The van der Waals surface area contributed by atoms with Gasteiger partial charge in [-0.2, -0.15) is 18.2 Å². The summed E-state index contributed by atoms with van der Waals surface area (Å²) >= 11 is 0. The molecule has 106 valence electrons. The van der Waals surface area contributed by atoms with Crippen molar-refractivity contribution in [2.45, 2.75) is 19.0 Å². The molecule has 0 aliphatic heterocycles. The van der Waals surface area contributed by atoms with Crippen molar-refractivity contribution in [3.05, 3.63) is 35.7 Å². The molecule has 0 aliphatic rings. The normalized spacial score (nSPS) is 11.6. The van der Waals surface area contributed by atoms with Crippen molar-refractivity contribution in [1.29, 1.82) is 0 Å². The maximum atomic E-state index is 12.0. The number of aryl methyl sites for hydroxylation is 1. The number of rotatable bonds is 4. The Balaban J connectivity index is 2.10. The van der Waals surface area contributed by atoms with E-state index in [1.807, 2.05) is 0 Å². The van der Waals surface area contributed by atoms with Gasteiger partial charge in [0.25, 0.3) is 5.89 Å². The Hall–Kier alpha value is -2.38. The number of hydrogen-bond donors (Lipinski definition) is 1. The summed E-state index contributed by atoms with van der Waals surface area (Å²) in [6, 6.07) is 5.59. The molecule has 1 aromatic heterocycles. The molecule has 0 radical (unpaired) electrons. The SMILES string of the molecule is O=C(O)c1ccc(-c2nc(CCC(F)(F)F)no2)cc1. The Bertz CT molecular complexity index is 605. The largest absolute Gasteiger partial charge is 0.478 e. The monoisotopic (exact) mass is 286 g/mol. The van der Waals surface area contributed by atoms with Gasteiger partial charge in [-0.05, 0) is 24.3 Å². The van der Waals surface area contributed by atoms with E-state index < -0.39 is 18.6 Å². The Morgan fingerprint density at radius 3 is 2.45 bits per heavy atom. The number of carbonyl (C=O) groups is 1. The zero-order valence-corrected chi connectivity index (χ0v) is 10.0. The van der Waals surface area contributed by atoms with Gasteiger partial charge in [0, 0.05) is 12.0 Å². The lowest BCUT2D eigenvalue weighted by Gasteiger charge is -2.01. The summed E-state index contributed by atoms with van der Waals surface area (Å²) in [6.07, 6.45) is -5.66. The third-order valence-electron chi connectivity index (χ3n) is 2.48. The number of halogens is 3. The van der Waals surface area contributed by atoms with E-state index in [2.05, 4.69) is 10.1 Å². The van der Waals surface area contributed by atoms with Gasteiger partial charge in [-0.3, -0.25) is 0 Å². The topological polar surface area (TPSA) is 76.2 Å². The molecule has 20 heavy (non-hydrogen) atoms. The first kappa shape index (κ1) is 14.0.